The molecule has 2 aromatic rings. The second-order valence-corrected chi connectivity index (χ2v) is 9.16. The van der Waals surface area contributed by atoms with Crippen molar-refractivity contribution >= 4 is 0 Å². The molecule has 0 radical (unpaired) electrons. The number of benzene rings is 2. The van der Waals surface area contributed by atoms with Crippen LogP contribution < -0.4 is 0 Å². The first-order valence-electron chi connectivity index (χ1n) is 12.2. The predicted octanol–water partition coefficient (Wildman–Crippen LogP) is 8.73. The molecule has 0 aliphatic heterocycles. The minimum atomic E-state index is 0.639. The van der Waals surface area contributed by atoms with Gasteiger partial charge in [0.05, 0.1) is 0 Å². The molecule has 0 heterocycles. The maximum atomic E-state index is 2.68. The van der Waals surface area contributed by atoms with Gasteiger partial charge in [0, 0.05) is 0 Å². The van der Waals surface area contributed by atoms with Crippen LogP contribution in [0.2, 0.25) is 0 Å². The van der Waals surface area contributed by atoms with Crippen LogP contribution in [0.15, 0.2) is 84.0 Å². The third-order valence-electron chi connectivity index (χ3n) is 6.38. The molecule has 0 N–H and O–H groups in total. The van der Waals surface area contributed by atoms with Crippen LogP contribution in [0, 0.1) is 11.8 Å². The van der Waals surface area contributed by atoms with Gasteiger partial charge in [-0.1, -0.05) is 111 Å². The van der Waals surface area contributed by atoms with E-state index in [0.717, 1.165) is 0 Å². The Balaban J connectivity index is 1.83. The Hall–Kier alpha value is -2.08. The van der Waals surface area contributed by atoms with Gasteiger partial charge in [0.1, 0.15) is 0 Å². The average Bonchev–Trinajstić information content (AvgIpc) is 2.75. The molecule has 160 valence electrons. The van der Waals surface area contributed by atoms with Gasteiger partial charge in [-0.25, -0.2) is 0 Å². The van der Waals surface area contributed by atoms with Crippen molar-refractivity contribution in [2.75, 3.05) is 0 Å². The summed E-state index contributed by atoms with van der Waals surface area (Å²) in [6.45, 7) is 4.63. The molecule has 1 aliphatic rings. The summed E-state index contributed by atoms with van der Waals surface area (Å²) in [5.41, 5.74) is 6.35. The molecule has 0 saturated heterocycles. The minimum Gasteiger partial charge on any atom is -0.0815 e. The smallest absolute Gasteiger partial charge is 0.0153 e. The van der Waals surface area contributed by atoms with Gasteiger partial charge in [-0.05, 0) is 74.3 Å². The lowest BCUT2D eigenvalue weighted by Crippen LogP contribution is -2.12. The van der Waals surface area contributed by atoms with E-state index >= 15 is 0 Å². The second-order valence-electron chi connectivity index (χ2n) is 9.16. The molecule has 0 saturated carbocycles. The summed E-state index contributed by atoms with van der Waals surface area (Å²) in [6, 6.07) is 22.2. The number of hydrogen-bond donors (Lipinski definition) is 0. The van der Waals surface area contributed by atoms with Crippen LogP contribution in [-0.2, 0) is 12.8 Å². The minimum absolute atomic E-state index is 0.639. The summed E-state index contributed by atoms with van der Waals surface area (Å²) in [4.78, 5) is 0. The normalized spacial score (nSPS) is 23.0. The van der Waals surface area contributed by atoms with Crippen molar-refractivity contribution in [3.05, 3.63) is 95.1 Å². The topological polar surface area (TPSA) is 0 Å². The SMILES string of the molecule is CCCC/C1=C/[C@H](Cc2ccccc2)C/C(CCCC)=C\[C@H](Cc2ccccc2)C1. The van der Waals surface area contributed by atoms with Crippen LogP contribution in [0.5, 0.6) is 0 Å². The third-order valence-corrected chi connectivity index (χ3v) is 6.38. The fourth-order valence-corrected chi connectivity index (χ4v) is 4.87. The van der Waals surface area contributed by atoms with Crippen molar-refractivity contribution in [3.8, 4) is 0 Å². The number of rotatable bonds is 10. The Morgan fingerprint density at radius 1 is 0.600 bits per heavy atom. The van der Waals surface area contributed by atoms with Gasteiger partial charge in [0.2, 0.25) is 0 Å². The molecule has 3 rings (SSSR count). The molecule has 0 amide bonds. The lowest BCUT2D eigenvalue weighted by molar-refractivity contribution is 0.545. The van der Waals surface area contributed by atoms with E-state index in [1.165, 1.54) is 75.3 Å². The monoisotopic (exact) mass is 400 g/mol. The highest BCUT2D eigenvalue weighted by molar-refractivity contribution is 5.24. The first-order valence-corrected chi connectivity index (χ1v) is 12.2. The summed E-state index contributed by atoms with van der Waals surface area (Å²) in [5, 5.41) is 0. The molecular weight excluding hydrogens is 360 g/mol. The van der Waals surface area contributed by atoms with Crippen molar-refractivity contribution in [2.24, 2.45) is 11.8 Å². The van der Waals surface area contributed by atoms with Gasteiger partial charge in [0.25, 0.3) is 0 Å². The zero-order chi connectivity index (χ0) is 21.0. The van der Waals surface area contributed by atoms with Crippen molar-refractivity contribution < 1.29 is 0 Å². The molecule has 0 bridgehead atoms. The van der Waals surface area contributed by atoms with E-state index in [-0.39, 0.29) is 0 Å². The molecule has 2 aromatic carbocycles. The molecule has 0 fully saturated rings. The van der Waals surface area contributed by atoms with E-state index in [0.29, 0.717) is 11.8 Å². The highest BCUT2D eigenvalue weighted by Gasteiger charge is 2.19. The van der Waals surface area contributed by atoms with Crippen LogP contribution in [0.4, 0.5) is 0 Å². The standard InChI is InChI=1S/C30H40/c1-3-5-13-27-21-29(19-25-15-9-7-10-16-25)23-28(14-6-4-2)24-30(22-27)20-26-17-11-8-12-18-26/h7-12,15-18,21,24,29-30H,3-6,13-14,19-20,22-23H2,1-2H3/b27-21-,28-24-/t29-,30+/m0/s1. The molecule has 0 nitrogen and oxygen atoms in total. The summed E-state index contributed by atoms with van der Waals surface area (Å²) in [6.07, 6.45) is 17.9. The highest BCUT2D eigenvalue weighted by Crippen LogP contribution is 2.33. The zero-order valence-electron chi connectivity index (χ0n) is 19.2. The lowest BCUT2D eigenvalue weighted by atomic mass is 9.80. The van der Waals surface area contributed by atoms with Gasteiger partial charge in [0.15, 0.2) is 0 Å². The van der Waals surface area contributed by atoms with Crippen LogP contribution in [-0.4, -0.2) is 0 Å². The maximum absolute atomic E-state index is 2.68. The Labute approximate surface area is 185 Å². The molecule has 2 atom stereocenters. The molecular formula is C30H40. The van der Waals surface area contributed by atoms with Crippen LogP contribution in [0.1, 0.15) is 76.3 Å². The highest BCUT2D eigenvalue weighted by atomic mass is 14.2. The first kappa shape index (κ1) is 22.6. The second kappa shape index (κ2) is 12.6. The predicted molar refractivity (Wildman–Crippen MR) is 132 cm³/mol. The largest absolute Gasteiger partial charge is 0.0815 e. The Morgan fingerprint density at radius 3 is 1.37 bits per heavy atom. The fraction of sp³-hybridized carbons (Fsp3) is 0.467. The van der Waals surface area contributed by atoms with Gasteiger partial charge in [-0.2, -0.15) is 0 Å². The summed E-state index contributed by atoms with van der Waals surface area (Å²) < 4.78 is 0. The van der Waals surface area contributed by atoms with Crippen molar-refractivity contribution in [3.63, 3.8) is 0 Å². The Morgan fingerprint density at radius 2 is 1.00 bits per heavy atom. The molecule has 0 spiro atoms. The van der Waals surface area contributed by atoms with Crippen molar-refractivity contribution in [2.45, 2.75) is 78.1 Å². The summed E-state index contributed by atoms with van der Waals surface area (Å²) in [5.74, 6) is 1.28. The number of allylic oxidation sites excluding steroid dienone is 4. The van der Waals surface area contributed by atoms with Crippen molar-refractivity contribution in [1.29, 1.82) is 0 Å². The summed E-state index contributed by atoms with van der Waals surface area (Å²) in [7, 11) is 0. The average molecular weight is 401 g/mol. The van der Waals surface area contributed by atoms with E-state index < -0.39 is 0 Å². The number of unbranched alkanes of at least 4 members (excludes halogenated alkanes) is 2. The molecule has 1 aliphatic carbocycles. The van der Waals surface area contributed by atoms with E-state index in [2.05, 4.69) is 86.7 Å². The van der Waals surface area contributed by atoms with E-state index in [9.17, 15) is 0 Å². The van der Waals surface area contributed by atoms with Gasteiger partial charge < -0.3 is 0 Å². The van der Waals surface area contributed by atoms with Crippen LogP contribution in [0.3, 0.4) is 0 Å². The van der Waals surface area contributed by atoms with Gasteiger partial charge >= 0.3 is 0 Å². The van der Waals surface area contributed by atoms with E-state index in [1.54, 1.807) is 11.1 Å². The molecule has 0 heteroatoms. The van der Waals surface area contributed by atoms with Gasteiger partial charge in [-0.15, -0.1) is 0 Å². The van der Waals surface area contributed by atoms with E-state index in [4.69, 9.17) is 0 Å². The zero-order valence-corrected chi connectivity index (χ0v) is 19.2. The van der Waals surface area contributed by atoms with Crippen LogP contribution in [0.25, 0.3) is 0 Å². The Bertz CT molecular complexity index is 712. The third kappa shape index (κ3) is 7.63. The molecule has 0 aromatic heterocycles. The quantitative estimate of drug-likeness (QED) is 0.350. The Kier molecular flexibility index (Phi) is 9.48. The van der Waals surface area contributed by atoms with Crippen LogP contribution >= 0.6 is 0 Å². The number of hydrogen-bond acceptors (Lipinski definition) is 0. The summed E-state index contributed by atoms with van der Waals surface area (Å²) >= 11 is 0. The maximum Gasteiger partial charge on any atom is -0.0153 e. The van der Waals surface area contributed by atoms with Crippen molar-refractivity contribution in [1.82, 2.24) is 0 Å². The molecule has 0 unspecified atom stereocenters. The first-order chi connectivity index (χ1) is 14.8. The van der Waals surface area contributed by atoms with E-state index in [1.807, 2.05) is 0 Å². The fourth-order valence-electron chi connectivity index (χ4n) is 4.87. The lowest BCUT2D eigenvalue weighted by Gasteiger charge is -2.25. The molecule has 30 heavy (non-hydrogen) atoms. The van der Waals surface area contributed by atoms with Gasteiger partial charge in [-0.3, -0.25) is 0 Å².